The van der Waals surface area contributed by atoms with Crippen molar-refractivity contribution in [3.63, 3.8) is 0 Å². The normalized spacial score (nSPS) is 15.1. The standard InChI is InChI=1S/C18H17Cl3N2O3S/c19-14-4-3-5-15(20)13(14)11-18(24)22-12-6-7-16(21)17(10-12)27(25,26)23-8-1-2-9-23/h3-7,10H,1-2,8-9,11H2,(H,22,24). The van der Waals surface area contributed by atoms with Gasteiger partial charge in [0.05, 0.1) is 11.4 Å². The molecule has 0 spiro atoms. The molecule has 3 rings (SSSR count). The fraction of sp³-hybridized carbons (Fsp3) is 0.278. The number of benzene rings is 2. The Hall–Kier alpha value is -1.31. The fourth-order valence-electron chi connectivity index (χ4n) is 2.91. The van der Waals surface area contributed by atoms with Gasteiger partial charge in [0.2, 0.25) is 15.9 Å². The maximum Gasteiger partial charge on any atom is 0.244 e. The number of sulfonamides is 1. The van der Waals surface area contributed by atoms with Crippen LogP contribution in [-0.2, 0) is 21.2 Å². The number of carbonyl (C=O) groups excluding carboxylic acids is 1. The molecule has 0 atom stereocenters. The zero-order chi connectivity index (χ0) is 19.6. The Morgan fingerprint density at radius 2 is 1.63 bits per heavy atom. The first-order valence-corrected chi connectivity index (χ1v) is 10.9. The molecule has 0 saturated carbocycles. The molecule has 5 nitrogen and oxygen atoms in total. The lowest BCUT2D eigenvalue weighted by atomic mass is 10.1. The van der Waals surface area contributed by atoms with Crippen LogP contribution >= 0.6 is 34.8 Å². The number of halogens is 3. The average Bonchev–Trinajstić information content (AvgIpc) is 3.15. The van der Waals surface area contributed by atoms with Crippen LogP contribution in [0.1, 0.15) is 18.4 Å². The van der Waals surface area contributed by atoms with Crippen LogP contribution in [-0.4, -0.2) is 31.7 Å². The molecule has 1 saturated heterocycles. The minimum atomic E-state index is -3.69. The summed E-state index contributed by atoms with van der Waals surface area (Å²) in [4.78, 5) is 12.4. The van der Waals surface area contributed by atoms with Crippen LogP contribution < -0.4 is 5.32 Å². The van der Waals surface area contributed by atoms with E-state index in [-0.39, 0.29) is 22.2 Å². The molecule has 0 aliphatic carbocycles. The zero-order valence-corrected chi connectivity index (χ0v) is 17.3. The number of anilines is 1. The van der Waals surface area contributed by atoms with E-state index in [1.807, 2.05) is 0 Å². The average molecular weight is 448 g/mol. The van der Waals surface area contributed by atoms with Crippen LogP contribution in [0.4, 0.5) is 5.69 Å². The lowest BCUT2D eigenvalue weighted by molar-refractivity contribution is -0.115. The molecule has 1 heterocycles. The Labute approximate surface area is 173 Å². The highest BCUT2D eigenvalue weighted by Gasteiger charge is 2.29. The number of rotatable bonds is 5. The first-order valence-electron chi connectivity index (χ1n) is 8.31. The summed E-state index contributed by atoms with van der Waals surface area (Å²) >= 11 is 18.3. The van der Waals surface area contributed by atoms with Crippen molar-refractivity contribution in [2.75, 3.05) is 18.4 Å². The highest BCUT2D eigenvalue weighted by molar-refractivity contribution is 7.89. The Morgan fingerprint density at radius 3 is 2.26 bits per heavy atom. The summed E-state index contributed by atoms with van der Waals surface area (Å²) < 4.78 is 26.9. The molecule has 1 N–H and O–H groups in total. The van der Waals surface area contributed by atoms with E-state index < -0.39 is 10.0 Å². The van der Waals surface area contributed by atoms with Crippen LogP contribution in [0.25, 0.3) is 0 Å². The molecule has 2 aromatic carbocycles. The molecule has 27 heavy (non-hydrogen) atoms. The van der Waals surface area contributed by atoms with Crippen molar-refractivity contribution in [1.29, 1.82) is 0 Å². The van der Waals surface area contributed by atoms with Gasteiger partial charge < -0.3 is 5.32 Å². The van der Waals surface area contributed by atoms with Gasteiger partial charge in [-0.25, -0.2) is 8.42 Å². The van der Waals surface area contributed by atoms with Crippen molar-refractivity contribution >= 4 is 56.4 Å². The first kappa shape index (κ1) is 20.4. The number of hydrogen-bond donors (Lipinski definition) is 1. The van der Waals surface area contributed by atoms with Crippen molar-refractivity contribution in [2.24, 2.45) is 0 Å². The monoisotopic (exact) mass is 446 g/mol. The van der Waals surface area contributed by atoms with Crippen LogP contribution in [0, 0.1) is 0 Å². The van der Waals surface area contributed by atoms with Crippen molar-refractivity contribution in [3.05, 3.63) is 57.0 Å². The van der Waals surface area contributed by atoms with E-state index in [4.69, 9.17) is 34.8 Å². The second-order valence-corrected chi connectivity index (χ2v) is 9.31. The predicted molar refractivity (Wildman–Crippen MR) is 108 cm³/mol. The molecule has 1 aliphatic heterocycles. The fourth-order valence-corrected chi connectivity index (χ4v) is 5.46. The largest absolute Gasteiger partial charge is 0.326 e. The molecule has 2 aromatic rings. The third kappa shape index (κ3) is 4.58. The second-order valence-electron chi connectivity index (χ2n) is 6.18. The third-order valence-electron chi connectivity index (χ3n) is 4.30. The van der Waals surface area contributed by atoms with Crippen LogP contribution in [0.15, 0.2) is 41.3 Å². The summed E-state index contributed by atoms with van der Waals surface area (Å²) in [6, 6.07) is 9.39. The molecule has 144 valence electrons. The molecule has 9 heteroatoms. The van der Waals surface area contributed by atoms with Crippen molar-refractivity contribution in [1.82, 2.24) is 4.31 Å². The van der Waals surface area contributed by atoms with Gasteiger partial charge >= 0.3 is 0 Å². The first-order chi connectivity index (χ1) is 12.8. The molecular weight excluding hydrogens is 431 g/mol. The predicted octanol–water partition coefficient (Wildman–Crippen LogP) is 4.61. The van der Waals surface area contributed by atoms with Crippen molar-refractivity contribution in [3.8, 4) is 0 Å². The highest BCUT2D eigenvalue weighted by Crippen LogP contribution is 2.30. The zero-order valence-electron chi connectivity index (χ0n) is 14.2. The number of carbonyl (C=O) groups is 1. The van der Waals surface area contributed by atoms with E-state index in [1.165, 1.54) is 16.4 Å². The Kier molecular flexibility index (Phi) is 6.33. The summed E-state index contributed by atoms with van der Waals surface area (Å²) in [6.45, 7) is 0.945. The number of nitrogens with zero attached hydrogens (tertiary/aromatic N) is 1. The minimum absolute atomic E-state index is 0.0142. The summed E-state index contributed by atoms with van der Waals surface area (Å²) in [5, 5.41) is 3.59. The molecule has 0 unspecified atom stereocenters. The Morgan fingerprint density at radius 1 is 1.00 bits per heavy atom. The minimum Gasteiger partial charge on any atom is -0.326 e. The van der Waals surface area contributed by atoms with Gasteiger partial charge in [0, 0.05) is 28.8 Å². The summed E-state index contributed by atoms with van der Waals surface area (Å²) in [6.07, 6.45) is 1.62. The summed E-state index contributed by atoms with van der Waals surface area (Å²) in [5.74, 6) is -0.364. The summed E-state index contributed by atoms with van der Waals surface area (Å²) in [5.41, 5.74) is 0.850. The quantitative estimate of drug-likeness (QED) is 0.727. The second kappa shape index (κ2) is 8.37. The van der Waals surface area contributed by atoms with Gasteiger partial charge in [-0.3, -0.25) is 4.79 Å². The Bertz CT molecular complexity index is 954. The third-order valence-corrected chi connectivity index (χ3v) is 7.39. The molecule has 0 radical (unpaired) electrons. The van der Waals surface area contributed by atoms with Crippen molar-refractivity contribution in [2.45, 2.75) is 24.2 Å². The molecule has 0 bridgehead atoms. The number of nitrogens with one attached hydrogen (secondary N) is 1. The summed E-state index contributed by atoms with van der Waals surface area (Å²) in [7, 11) is -3.69. The van der Waals surface area contributed by atoms with Gasteiger partial charge in [0.25, 0.3) is 0 Å². The molecular formula is C18H17Cl3N2O3S. The van der Waals surface area contributed by atoms with Gasteiger partial charge in [-0.15, -0.1) is 0 Å². The van der Waals surface area contributed by atoms with Gasteiger partial charge in [-0.05, 0) is 48.7 Å². The maximum absolute atomic E-state index is 12.8. The van der Waals surface area contributed by atoms with E-state index in [0.29, 0.717) is 34.4 Å². The van der Waals surface area contributed by atoms with Crippen LogP contribution in [0.3, 0.4) is 0 Å². The van der Waals surface area contributed by atoms with Gasteiger partial charge in [0.1, 0.15) is 4.90 Å². The number of hydrogen-bond acceptors (Lipinski definition) is 3. The highest BCUT2D eigenvalue weighted by atomic mass is 35.5. The molecule has 1 fully saturated rings. The lowest BCUT2D eigenvalue weighted by Gasteiger charge is -2.17. The van der Waals surface area contributed by atoms with Gasteiger partial charge in [-0.2, -0.15) is 4.31 Å². The van der Waals surface area contributed by atoms with Crippen LogP contribution in [0.2, 0.25) is 15.1 Å². The van der Waals surface area contributed by atoms with E-state index in [1.54, 1.807) is 24.3 Å². The Balaban J connectivity index is 1.81. The lowest BCUT2D eigenvalue weighted by Crippen LogP contribution is -2.28. The topological polar surface area (TPSA) is 66.5 Å². The van der Waals surface area contributed by atoms with Gasteiger partial charge in [-0.1, -0.05) is 40.9 Å². The molecule has 1 amide bonds. The van der Waals surface area contributed by atoms with E-state index in [2.05, 4.69) is 5.32 Å². The molecule has 0 aromatic heterocycles. The van der Waals surface area contributed by atoms with E-state index in [0.717, 1.165) is 12.8 Å². The SMILES string of the molecule is O=C(Cc1c(Cl)cccc1Cl)Nc1ccc(Cl)c(S(=O)(=O)N2CCCC2)c1. The smallest absolute Gasteiger partial charge is 0.244 e. The van der Waals surface area contributed by atoms with Crippen molar-refractivity contribution < 1.29 is 13.2 Å². The number of amides is 1. The van der Waals surface area contributed by atoms with E-state index >= 15 is 0 Å². The van der Waals surface area contributed by atoms with E-state index in [9.17, 15) is 13.2 Å². The maximum atomic E-state index is 12.8. The molecule has 1 aliphatic rings. The van der Waals surface area contributed by atoms with Gasteiger partial charge in [0.15, 0.2) is 0 Å². The van der Waals surface area contributed by atoms with Crippen LogP contribution in [0.5, 0.6) is 0 Å².